The van der Waals surface area contributed by atoms with E-state index in [1.165, 1.54) is 12.1 Å². The average Bonchev–Trinajstić information content (AvgIpc) is 2.96. The number of hydrogen-bond acceptors (Lipinski definition) is 4. The zero-order valence-electron chi connectivity index (χ0n) is 15.3. The van der Waals surface area contributed by atoms with Gasteiger partial charge in [0.2, 0.25) is 0 Å². The van der Waals surface area contributed by atoms with Gasteiger partial charge in [-0.25, -0.2) is 4.39 Å². The minimum Gasteiger partial charge on any atom is -0.361 e. The van der Waals surface area contributed by atoms with Gasteiger partial charge in [-0.05, 0) is 63.1 Å². The lowest BCUT2D eigenvalue weighted by Gasteiger charge is -2.26. The molecule has 0 aliphatic carbocycles. The van der Waals surface area contributed by atoms with Gasteiger partial charge in [0.15, 0.2) is 0 Å². The molecule has 3 rings (SSSR count). The maximum absolute atomic E-state index is 14.1. The monoisotopic (exact) mass is 349 g/mol. The Morgan fingerprint density at radius 1 is 1.15 bits per heavy atom. The highest BCUT2D eigenvalue weighted by Gasteiger charge is 2.16. The van der Waals surface area contributed by atoms with Gasteiger partial charge in [-0.15, -0.1) is 0 Å². The van der Waals surface area contributed by atoms with Crippen molar-refractivity contribution >= 4 is 11.4 Å². The summed E-state index contributed by atoms with van der Waals surface area (Å²) in [7, 11) is 0. The third kappa shape index (κ3) is 3.06. The third-order valence-electron chi connectivity index (χ3n) is 4.52. The van der Waals surface area contributed by atoms with E-state index in [2.05, 4.69) is 11.2 Å². The second kappa shape index (κ2) is 7.01. The number of aryl methyl sites for hydroxylation is 3. The van der Waals surface area contributed by atoms with Crippen LogP contribution in [0.1, 0.15) is 29.5 Å². The molecule has 0 unspecified atom stereocenters. The van der Waals surface area contributed by atoms with Crippen LogP contribution in [-0.2, 0) is 0 Å². The molecule has 3 aromatic rings. The maximum atomic E-state index is 14.1. The Hall–Kier alpha value is -3.13. The van der Waals surface area contributed by atoms with Gasteiger partial charge in [0.25, 0.3) is 0 Å². The lowest BCUT2D eigenvalue weighted by Crippen LogP contribution is -2.17. The fourth-order valence-corrected chi connectivity index (χ4v) is 3.21. The first-order valence-corrected chi connectivity index (χ1v) is 8.47. The van der Waals surface area contributed by atoms with Gasteiger partial charge in [0.1, 0.15) is 17.6 Å². The van der Waals surface area contributed by atoms with Gasteiger partial charge in [0, 0.05) is 23.5 Å². The van der Waals surface area contributed by atoms with Crippen molar-refractivity contribution in [2.45, 2.75) is 27.7 Å². The molecule has 2 aromatic carbocycles. The van der Waals surface area contributed by atoms with Crippen molar-refractivity contribution in [3.8, 4) is 17.2 Å². The van der Waals surface area contributed by atoms with Crippen LogP contribution in [0.2, 0.25) is 0 Å². The van der Waals surface area contributed by atoms with Crippen molar-refractivity contribution in [2.24, 2.45) is 0 Å². The SMILES string of the molecule is CCN(c1ccc(C#N)c(F)c1)c1cc(-c2c(C)noc2C)ccc1C. The largest absolute Gasteiger partial charge is 0.361 e. The summed E-state index contributed by atoms with van der Waals surface area (Å²) < 4.78 is 19.4. The average molecular weight is 349 g/mol. The van der Waals surface area contributed by atoms with Crippen LogP contribution in [0.25, 0.3) is 11.1 Å². The van der Waals surface area contributed by atoms with Gasteiger partial charge >= 0.3 is 0 Å². The first-order chi connectivity index (χ1) is 12.5. The van der Waals surface area contributed by atoms with E-state index in [1.54, 1.807) is 6.07 Å². The number of nitrogens with zero attached hydrogens (tertiary/aromatic N) is 3. The second-order valence-corrected chi connectivity index (χ2v) is 6.22. The Labute approximate surface area is 152 Å². The predicted molar refractivity (Wildman–Crippen MR) is 99.9 cm³/mol. The Morgan fingerprint density at radius 3 is 2.50 bits per heavy atom. The first kappa shape index (κ1) is 17.7. The van der Waals surface area contributed by atoms with E-state index < -0.39 is 5.82 Å². The van der Waals surface area contributed by atoms with Gasteiger partial charge in [-0.3, -0.25) is 0 Å². The summed E-state index contributed by atoms with van der Waals surface area (Å²) in [6, 6.07) is 12.7. The van der Waals surface area contributed by atoms with E-state index in [-0.39, 0.29) is 5.56 Å². The Bertz CT molecular complexity index is 981. The summed E-state index contributed by atoms with van der Waals surface area (Å²) in [6.45, 7) is 8.51. The number of rotatable bonds is 4. The molecule has 5 heteroatoms. The summed E-state index contributed by atoms with van der Waals surface area (Å²) in [5.41, 5.74) is 5.64. The highest BCUT2D eigenvalue weighted by molar-refractivity contribution is 5.76. The number of anilines is 2. The molecule has 26 heavy (non-hydrogen) atoms. The third-order valence-corrected chi connectivity index (χ3v) is 4.52. The quantitative estimate of drug-likeness (QED) is 0.630. The van der Waals surface area contributed by atoms with E-state index in [4.69, 9.17) is 9.78 Å². The maximum Gasteiger partial charge on any atom is 0.143 e. The molecule has 1 aromatic heterocycles. The molecule has 1 heterocycles. The van der Waals surface area contributed by atoms with Crippen LogP contribution < -0.4 is 4.90 Å². The van der Waals surface area contributed by atoms with Crippen LogP contribution in [0.3, 0.4) is 0 Å². The number of nitriles is 1. The van der Waals surface area contributed by atoms with Crippen LogP contribution in [0.15, 0.2) is 40.9 Å². The molecular weight excluding hydrogens is 329 g/mol. The summed E-state index contributed by atoms with van der Waals surface area (Å²) in [5.74, 6) is 0.257. The number of benzene rings is 2. The number of aromatic nitrogens is 1. The molecule has 0 radical (unpaired) electrons. The van der Waals surface area contributed by atoms with Crippen LogP contribution in [0.4, 0.5) is 15.8 Å². The van der Waals surface area contributed by atoms with E-state index in [9.17, 15) is 4.39 Å². The van der Waals surface area contributed by atoms with Crippen molar-refractivity contribution in [3.63, 3.8) is 0 Å². The molecule has 0 aliphatic rings. The van der Waals surface area contributed by atoms with Crippen LogP contribution in [0.5, 0.6) is 0 Å². The predicted octanol–water partition coefficient (Wildman–Crippen LogP) is 5.44. The van der Waals surface area contributed by atoms with Gasteiger partial charge in [-0.1, -0.05) is 17.3 Å². The zero-order valence-corrected chi connectivity index (χ0v) is 15.3. The molecule has 0 saturated carbocycles. The minimum absolute atomic E-state index is 0.0472. The molecule has 0 aliphatic heterocycles. The molecule has 0 fully saturated rings. The molecule has 0 amide bonds. The lowest BCUT2D eigenvalue weighted by atomic mass is 10.0. The molecule has 0 N–H and O–H groups in total. The summed E-state index contributed by atoms with van der Waals surface area (Å²) in [6.07, 6.45) is 0. The number of hydrogen-bond donors (Lipinski definition) is 0. The van der Waals surface area contributed by atoms with E-state index in [1.807, 2.05) is 50.8 Å². The fraction of sp³-hybridized carbons (Fsp3) is 0.238. The molecule has 0 atom stereocenters. The summed E-state index contributed by atoms with van der Waals surface area (Å²) in [5, 5.41) is 13.0. The van der Waals surface area contributed by atoms with Crippen molar-refractivity contribution < 1.29 is 8.91 Å². The van der Waals surface area contributed by atoms with E-state index in [0.29, 0.717) is 12.2 Å². The van der Waals surface area contributed by atoms with Gasteiger partial charge in [-0.2, -0.15) is 5.26 Å². The van der Waals surface area contributed by atoms with Crippen molar-refractivity contribution in [1.82, 2.24) is 5.16 Å². The van der Waals surface area contributed by atoms with Crippen LogP contribution in [-0.4, -0.2) is 11.7 Å². The Kier molecular flexibility index (Phi) is 4.77. The molecule has 0 bridgehead atoms. The van der Waals surface area contributed by atoms with Crippen LogP contribution in [0, 0.1) is 37.9 Å². The highest BCUT2D eigenvalue weighted by Crippen LogP contribution is 2.35. The number of halogens is 1. The Morgan fingerprint density at radius 2 is 1.92 bits per heavy atom. The standard InChI is InChI=1S/C21H20FN3O/c1-5-25(18-9-8-17(12-23)19(22)11-18)20-10-16(7-6-13(20)2)21-14(3)24-26-15(21)4/h6-11H,5H2,1-4H3. The van der Waals surface area contributed by atoms with E-state index in [0.717, 1.165) is 33.8 Å². The van der Waals surface area contributed by atoms with Crippen molar-refractivity contribution in [1.29, 1.82) is 5.26 Å². The Balaban J connectivity index is 2.11. The minimum atomic E-state index is -0.511. The summed E-state index contributed by atoms with van der Waals surface area (Å²) in [4.78, 5) is 2.03. The van der Waals surface area contributed by atoms with Crippen molar-refractivity contribution in [2.75, 3.05) is 11.4 Å². The molecule has 0 spiro atoms. The van der Waals surface area contributed by atoms with Gasteiger partial charge in [0.05, 0.1) is 11.3 Å². The molecule has 4 nitrogen and oxygen atoms in total. The van der Waals surface area contributed by atoms with Crippen molar-refractivity contribution in [3.05, 3.63) is 64.8 Å². The zero-order chi connectivity index (χ0) is 18.8. The topological polar surface area (TPSA) is 53.1 Å². The van der Waals surface area contributed by atoms with Gasteiger partial charge < -0.3 is 9.42 Å². The molecule has 0 saturated heterocycles. The smallest absolute Gasteiger partial charge is 0.143 e. The molecular formula is C21H20FN3O. The lowest BCUT2D eigenvalue weighted by molar-refractivity contribution is 0.393. The van der Waals surface area contributed by atoms with Crippen LogP contribution >= 0.6 is 0 Å². The second-order valence-electron chi connectivity index (χ2n) is 6.22. The van der Waals surface area contributed by atoms with E-state index >= 15 is 0 Å². The molecule has 132 valence electrons. The first-order valence-electron chi connectivity index (χ1n) is 8.47. The fourth-order valence-electron chi connectivity index (χ4n) is 3.21. The normalized spacial score (nSPS) is 10.6. The summed E-state index contributed by atoms with van der Waals surface area (Å²) >= 11 is 0. The highest BCUT2D eigenvalue weighted by atomic mass is 19.1.